The highest BCUT2D eigenvalue weighted by atomic mass is 19.1. The van der Waals surface area contributed by atoms with Gasteiger partial charge in [-0.05, 0) is 33.8 Å². The van der Waals surface area contributed by atoms with Gasteiger partial charge >= 0.3 is 12.1 Å². The Labute approximate surface area is 116 Å². The molecule has 0 aliphatic rings. The molecule has 0 aliphatic carbocycles. The van der Waals surface area contributed by atoms with Crippen LogP contribution in [0.1, 0.15) is 38.1 Å². The van der Waals surface area contributed by atoms with Gasteiger partial charge in [0.15, 0.2) is 0 Å². The normalized spacial score (nSPS) is 12.8. The Balaban J connectivity index is 2.61. The second-order valence-electron chi connectivity index (χ2n) is 5.53. The van der Waals surface area contributed by atoms with Crippen LogP contribution in [0, 0.1) is 5.95 Å². The lowest BCUT2D eigenvalue weighted by Crippen LogP contribution is -2.39. The number of hydrogen-bond acceptors (Lipinski definition) is 3. The summed E-state index contributed by atoms with van der Waals surface area (Å²) in [6.07, 6.45) is 0.725. The molecule has 0 fully saturated rings. The van der Waals surface area contributed by atoms with E-state index in [4.69, 9.17) is 9.84 Å². The van der Waals surface area contributed by atoms with Crippen molar-refractivity contribution in [2.24, 2.45) is 0 Å². The molecule has 1 amide bonds. The lowest BCUT2D eigenvalue weighted by molar-refractivity contribution is 0.0502. The Kier molecular flexibility index (Phi) is 4.75. The lowest BCUT2D eigenvalue weighted by atomic mass is 10.2. The number of carbonyl (C=O) groups is 2. The van der Waals surface area contributed by atoms with Gasteiger partial charge < -0.3 is 19.7 Å². The van der Waals surface area contributed by atoms with Crippen LogP contribution >= 0.6 is 0 Å². The number of amides is 1. The molecule has 1 rings (SSSR count). The lowest BCUT2D eigenvalue weighted by Gasteiger charge is -2.22. The van der Waals surface area contributed by atoms with Gasteiger partial charge in [0.05, 0.1) is 0 Å². The molecule has 0 spiro atoms. The number of hydrogen-bond donors (Lipinski definition) is 2. The maximum absolute atomic E-state index is 13.7. The van der Waals surface area contributed by atoms with Crippen LogP contribution in [0.2, 0.25) is 0 Å². The molecule has 0 aromatic carbocycles. The number of rotatable bonds is 4. The number of ether oxygens (including phenoxy) is 1. The Morgan fingerprint density at radius 1 is 1.50 bits per heavy atom. The average molecular weight is 286 g/mol. The Morgan fingerprint density at radius 3 is 2.55 bits per heavy atom. The van der Waals surface area contributed by atoms with Gasteiger partial charge in [-0.15, -0.1) is 0 Å². The summed E-state index contributed by atoms with van der Waals surface area (Å²) in [7, 11) is 0. The minimum atomic E-state index is -1.32. The van der Waals surface area contributed by atoms with Crippen LogP contribution in [0.5, 0.6) is 0 Å². The number of nitrogens with one attached hydrogen (secondary N) is 1. The predicted octanol–water partition coefficient (Wildman–Crippen LogP) is 2.24. The molecule has 0 saturated carbocycles. The number of carboxylic acid groups (broad SMARTS) is 1. The van der Waals surface area contributed by atoms with Gasteiger partial charge in [0.2, 0.25) is 5.95 Å². The van der Waals surface area contributed by atoms with Crippen LogP contribution in [0.25, 0.3) is 0 Å². The minimum Gasteiger partial charge on any atom is -0.478 e. The van der Waals surface area contributed by atoms with Gasteiger partial charge in [-0.2, -0.15) is 4.39 Å². The number of aromatic carboxylic acids is 1. The standard InChI is InChI=1S/C13H19FN2O4/c1-8(15-12(19)20-13(2,3)4)7-16-6-5-9(10(16)14)11(17)18/h5-6,8H,7H2,1-4H3,(H,15,19)(H,17,18). The highest BCUT2D eigenvalue weighted by molar-refractivity contribution is 5.87. The molecule has 0 radical (unpaired) electrons. The minimum absolute atomic E-state index is 0.109. The fraction of sp³-hybridized carbons (Fsp3) is 0.538. The summed E-state index contributed by atoms with van der Waals surface area (Å²) in [5, 5.41) is 11.3. The van der Waals surface area contributed by atoms with Crippen LogP contribution in [-0.4, -0.2) is 33.4 Å². The average Bonchev–Trinajstić information content (AvgIpc) is 2.57. The number of alkyl carbamates (subject to hydrolysis) is 1. The third-order valence-electron chi connectivity index (χ3n) is 2.36. The zero-order valence-corrected chi connectivity index (χ0v) is 11.9. The van der Waals surface area contributed by atoms with E-state index < -0.39 is 35.2 Å². The van der Waals surface area contributed by atoms with E-state index in [0.29, 0.717) is 0 Å². The summed E-state index contributed by atoms with van der Waals surface area (Å²) in [5.74, 6) is -2.16. The quantitative estimate of drug-likeness (QED) is 0.889. The summed E-state index contributed by atoms with van der Waals surface area (Å²) in [5.41, 5.74) is -1.01. The largest absolute Gasteiger partial charge is 0.478 e. The Morgan fingerprint density at radius 2 is 2.10 bits per heavy atom. The zero-order valence-electron chi connectivity index (χ0n) is 11.9. The first-order valence-electron chi connectivity index (χ1n) is 6.17. The predicted molar refractivity (Wildman–Crippen MR) is 70.2 cm³/mol. The summed E-state index contributed by atoms with van der Waals surface area (Å²) >= 11 is 0. The first-order chi connectivity index (χ1) is 9.10. The molecule has 1 aromatic rings. The van der Waals surface area contributed by atoms with Crippen molar-refractivity contribution >= 4 is 12.1 Å². The van der Waals surface area contributed by atoms with Crippen molar-refractivity contribution in [3.8, 4) is 0 Å². The molecule has 6 nitrogen and oxygen atoms in total. The van der Waals surface area contributed by atoms with E-state index in [-0.39, 0.29) is 6.54 Å². The third-order valence-corrected chi connectivity index (χ3v) is 2.36. The smallest absolute Gasteiger partial charge is 0.407 e. The van der Waals surface area contributed by atoms with E-state index in [1.54, 1.807) is 27.7 Å². The molecule has 1 unspecified atom stereocenters. The van der Waals surface area contributed by atoms with Gasteiger partial charge in [0, 0.05) is 18.8 Å². The van der Waals surface area contributed by atoms with E-state index in [9.17, 15) is 14.0 Å². The van der Waals surface area contributed by atoms with Crippen LogP contribution in [0.15, 0.2) is 12.3 Å². The van der Waals surface area contributed by atoms with Crippen LogP contribution in [0.3, 0.4) is 0 Å². The van der Waals surface area contributed by atoms with Gasteiger partial charge in [0.1, 0.15) is 11.2 Å². The number of carbonyl (C=O) groups excluding carboxylic acids is 1. The Hall–Kier alpha value is -2.05. The van der Waals surface area contributed by atoms with Crippen LogP contribution in [0.4, 0.5) is 9.18 Å². The summed E-state index contributed by atoms with van der Waals surface area (Å²) < 4.78 is 19.9. The SMILES string of the molecule is CC(Cn1ccc(C(=O)O)c1F)NC(=O)OC(C)(C)C. The molecule has 0 aliphatic heterocycles. The second-order valence-corrected chi connectivity index (χ2v) is 5.53. The van der Waals surface area contributed by atoms with Crippen molar-refractivity contribution in [3.05, 3.63) is 23.8 Å². The fourth-order valence-corrected chi connectivity index (χ4v) is 1.60. The van der Waals surface area contributed by atoms with Gasteiger partial charge in [-0.1, -0.05) is 0 Å². The van der Waals surface area contributed by atoms with Crippen molar-refractivity contribution in [1.29, 1.82) is 0 Å². The van der Waals surface area contributed by atoms with Crippen LogP contribution < -0.4 is 5.32 Å². The molecule has 112 valence electrons. The molecular formula is C13H19FN2O4. The first kappa shape index (κ1) is 16.0. The highest BCUT2D eigenvalue weighted by Crippen LogP contribution is 2.10. The number of carboxylic acids is 1. The summed E-state index contributed by atoms with van der Waals surface area (Å²) in [6.45, 7) is 6.99. The topological polar surface area (TPSA) is 80.6 Å². The monoisotopic (exact) mass is 286 g/mol. The molecule has 0 bridgehead atoms. The maximum atomic E-state index is 13.7. The van der Waals surface area contributed by atoms with Crippen molar-refractivity contribution in [2.45, 2.75) is 45.9 Å². The van der Waals surface area contributed by atoms with Crippen molar-refractivity contribution in [2.75, 3.05) is 0 Å². The maximum Gasteiger partial charge on any atom is 0.407 e. The number of halogens is 1. The van der Waals surface area contributed by atoms with Crippen LogP contribution in [-0.2, 0) is 11.3 Å². The number of nitrogens with zero attached hydrogens (tertiary/aromatic N) is 1. The summed E-state index contributed by atoms with van der Waals surface area (Å²) in [6, 6.07) is 0.770. The van der Waals surface area contributed by atoms with E-state index in [1.807, 2.05) is 0 Å². The van der Waals surface area contributed by atoms with Gasteiger partial charge in [-0.25, -0.2) is 9.59 Å². The molecule has 0 saturated heterocycles. The fourth-order valence-electron chi connectivity index (χ4n) is 1.60. The third kappa shape index (κ3) is 4.56. The van der Waals surface area contributed by atoms with E-state index in [1.165, 1.54) is 12.3 Å². The first-order valence-corrected chi connectivity index (χ1v) is 6.17. The molecule has 2 N–H and O–H groups in total. The molecule has 1 heterocycles. The van der Waals surface area contributed by atoms with E-state index in [2.05, 4.69) is 5.32 Å². The molecule has 1 atom stereocenters. The molecular weight excluding hydrogens is 267 g/mol. The van der Waals surface area contributed by atoms with Gasteiger partial charge in [-0.3, -0.25) is 0 Å². The van der Waals surface area contributed by atoms with Crippen molar-refractivity contribution in [1.82, 2.24) is 9.88 Å². The highest BCUT2D eigenvalue weighted by Gasteiger charge is 2.19. The Bertz CT molecular complexity index is 505. The van der Waals surface area contributed by atoms with E-state index >= 15 is 0 Å². The number of aromatic nitrogens is 1. The summed E-state index contributed by atoms with van der Waals surface area (Å²) in [4.78, 5) is 22.2. The molecule has 1 aromatic heterocycles. The molecule has 20 heavy (non-hydrogen) atoms. The van der Waals surface area contributed by atoms with E-state index in [0.717, 1.165) is 4.57 Å². The zero-order chi connectivity index (χ0) is 15.5. The van der Waals surface area contributed by atoms with Crippen molar-refractivity contribution in [3.63, 3.8) is 0 Å². The van der Waals surface area contributed by atoms with Crippen molar-refractivity contribution < 1.29 is 23.8 Å². The second kappa shape index (κ2) is 5.94. The molecule has 7 heteroatoms. The van der Waals surface area contributed by atoms with Gasteiger partial charge in [0.25, 0.3) is 0 Å².